The molecule has 3 heterocycles. The molecule has 1 saturated heterocycles. The highest BCUT2D eigenvalue weighted by atomic mass is 35.5. The summed E-state index contributed by atoms with van der Waals surface area (Å²) in [5, 5.41) is 5.91. The third-order valence-electron chi connectivity index (χ3n) is 7.53. The summed E-state index contributed by atoms with van der Waals surface area (Å²) in [7, 11) is 0. The highest BCUT2D eigenvalue weighted by Gasteiger charge is 2.27. The highest BCUT2D eigenvalue weighted by Crippen LogP contribution is 2.36. The van der Waals surface area contributed by atoms with E-state index in [0.717, 1.165) is 66.0 Å². The summed E-state index contributed by atoms with van der Waals surface area (Å²) < 4.78 is 19.4. The van der Waals surface area contributed by atoms with Crippen LogP contribution in [0.2, 0.25) is 5.15 Å². The smallest absolute Gasteiger partial charge is 0.309 e. The molecular weight excluding hydrogens is 502 g/mol. The third kappa shape index (κ3) is 5.54. The van der Waals surface area contributed by atoms with Crippen molar-refractivity contribution < 1.29 is 19.0 Å². The van der Waals surface area contributed by atoms with Gasteiger partial charge in [-0.1, -0.05) is 17.7 Å². The lowest BCUT2D eigenvalue weighted by Crippen LogP contribution is -2.38. The predicted molar refractivity (Wildman–Crippen MR) is 150 cm³/mol. The molecule has 1 aromatic heterocycles. The molecule has 5 rings (SSSR count). The fourth-order valence-corrected chi connectivity index (χ4v) is 5.54. The van der Waals surface area contributed by atoms with E-state index in [1.807, 2.05) is 29.8 Å². The fourth-order valence-electron chi connectivity index (χ4n) is 5.31. The van der Waals surface area contributed by atoms with Crippen molar-refractivity contribution in [3.05, 3.63) is 58.3 Å². The van der Waals surface area contributed by atoms with E-state index in [2.05, 4.69) is 49.0 Å². The van der Waals surface area contributed by atoms with Crippen LogP contribution >= 0.6 is 11.6 Å². The topological polar surface area (TPSA) is 65.8 Å². The van der Waals surface area contributed by atoms with E-state index in [9.17, 15) is 4.79 Å². The standard InChI is InChI=1S/C30H36ClN3O4/c1-5-36-30(35)22-10-12-33(13-11-22)16-23-18-38-28-15-24(7-8-25(28)20(23)4)37-17-21-6-9-27-26(14-21)29(31)32-34(27)19(2)3/h6-9,14-15,19,22H,5,10-13,16-18H2,1-4H3. The number of rotatable bonds is 8. The highest BCUT2D eigenvalue weighted by molar-refractivity contribution is 6.34. The molecule has 0 radical (unpaired) electrons. The van der Waals surface area contributed by atoms with Crippen molar-refractivity contribution >= 4 is 34.0 Å². The Labute approximate surface area is 229 Å². The van der Waals surface area contributed by atoms with Gasteiger partial charge in [0.2, 0.25) is 0 Å². The Balaban J connectivity index is 1.21. The summed E-state index contributed by atoms with van der Waals surface area (Å²) in [6.07, 6.45) is 1.70. The Kier molecular flexibility index (Phi) is 7.96. The van der Waals surface area contributed by atoms with Crippen LogP contribution in [0, 0.1) is 5.92 Å². The van der Waals surface area contributed by atoms with Crippen molar-refractivity contribution in [3.63, 3.8) is 0 Å². The SMILES string of the molecule is CCOC(=O)C1CCN(CC2=C(C)c3ccc(OCc4ccc5c(c4)c(Cl)nn5C(C)C)cc3OC2)CC1. The van der Waals surface area contributed by atoms with E-state index in [1.54, 1.807) is 0 Å². The first kappa shape index (κ1) is 26.6. The maximum absolute atomic E-state index is 12.0. The van der Waals surface area contributed by atoms with E-state index < -0.39 is 0 Å². The van der Waals surface area contributed by atoms with Crippen molar-refractivity contribution in [1.82, 2.24) is 14.7 Å². The monoisotopic (exact) mass is 537 g/mol. The second-order valence-corrected chi connectivity index (χ2v) is 10.8. The molecule has 1 fully saturated rings. The number of halogens is 1. The Bertz CT molecular complexity index is 1360. The minimum atomic E-state index is -0.0536. The van der Waals surface area contributed by atoms with Crippen molar-refractivity contribution in [2.24, 2.45) is 5.92 Å². The maximum Gasteiger partial charge on any atom is 0.309 e. The summed E-state index contributed by atoms with van der Waals surface area (Å²) in [6.45, 7) is 12.3. The molecule has 38 heavy (non-hydrogen) atoms. The number of benzene rings is 2. The molecule has 2 aliphatic rings. The van der Waals surface area contributed by atoms with Gasteiger partial charge in [0, 0.05) is 29.6 Å². The number of fused-ring (bicyclic) bond motifs is 2. The number of likely N-dealkylation sites (tertiary alicyclic amines) is 1. The molecule has 2 aromatic carbocycles. The molecule has 8 heteroatoms. The van der Waals surface area contributed by atoms with Gasteiger partial charge >= 0.3 is 5.97 Å². The average Bonchev–Trinajstić information content (AvgIpc) is 3.25. The van der Waals surface area contributed by atoms with Crippen LogP contribution in [-0.2, 0) is 16.1 Å². The molecule has 0 aliphatic carbocycles. The summed E-state index contributed by atoms with van der Waals surface area (Å²) >= 11 is 6.39. The van der Waals surface area contributed by atoms with E-state index >= 15 is 0 Å². The number of hydrogen-bond donors (Lipinski definition) is 0. The zero-order valence-corrected chi connectivity index (χ0v) is 23.4. The fraction of sp³-hybridized carbons (Fsp3) is 0.467. The van der Waals surface area contributed by atoms with Crippen LogP contribution in [0.15, 0.2) is 42.0 Å². The van der Waals surface area contributed by atoms with Gasteiger partial charge in [0.05, 0.1) is 18.0 Å². The van der Waals surface area contributed by atoms with Crippen LogP contribution in [0.1, 0.15) is 57.7 Å². The molecule has 0 amide bonds. The molecular formula is C30H36ClN3O4. The number of carbonyl (C=O) groups excluding carboxylic acids is 1. The predicted octanol–water partition coefficient (Wildman–Crippen LogP) is 6.29. The molecule has 202 valence electrons. The van der Waals surface area contributed by atoms with Crippen molar-refractivity contribution in [1.29, 1.82) is 0 Å². The average molecular weight is 538 g/mol. The van der Waals surface area contributed by atoms with Gasteiger partial charge in [0.25, 0.3) is 0 Å². The van der Waals surface area contributed by atoms with E-state index in [4.69, 9.17) is 25.8 Å². The maximum atomic E-state index is 12.0. The van der Waals surface area contributed by atoms with Crippen molar-refractivity contribution in [2.45, 2.75) is 53.2 Å². The van der Waals surface area contributed by atoms with Gasteiger partial charge < -0.3 is 14.2 Å². The molecule has 3 aromatic rings. The molecule has 0 atom stereocenters. The summed E-state index contributed by atoms with van der Waals surface area (Å²) in [5.74, 6) is 1.59. The first-order valence-electron chi connectivity index (χ1n) is 13.5. The van der Waals surface area contributed by atoms with Crippen molar-refractivity contribution in [3.8, 4) is 11.5 Å². The van der Waals surface area contributed by atoms with Gasteiger partial charge in [-0.05, 0) is 94.6 Å². The number of aromatic nitrogens is 2. The lowest BCUT2D eigenvalue weighted by Gasteiger charge is -2.33. The Morgan fingerprint density at radius 2 is 1.97 bits per heavy atom. The molecule has 0 N–H and O–H groups in total. The number of carbonyl (C=O) groups is 1. The minimum absolute atomic E-state index is 0.0275. The van der Waals surface area contributed by atoms with Crippen LogP contribution in [0.25, 0.3) is 16.5 Å². The zero-order valence-electron chi connectivity index (χ0n) is 22.6. The quantitative estimate of drug-likeness (QED) is 0.315. The van der Waals surface area contributed by atoms with Crippen LogP contribution in [0.4, 0.5) is 0 Å². The molecule has 0 spiro atoms. The molecule has 2 aliphatic heterocycles. The second-order valence-electron chi connectivity index (χ2n) is 10.4. The summed E-state index contributed by atoms with van der Waals surface area (Å²) in [5.41, 5.74) is 5.71. The molecule has 0 unspecified atom stereocenters. The van der Waals surface area contributed by atoms with Gasteiger partial charge in [-0.3, -0.25) is 14.4 Å². The van der Waals surface area contributed by atoms with Gasteiger partial charge in [-0.2, -0.15) is 5.10 Å². The third-order valence-corrected chi connectivity index (χ3v) is 7.81. The Morgan fingerprint density at radius 3 is 2.71 bits per heavy atom. The molecule has 7 nitrogen and oxygen atoms in total. The Hall–Kier alpha value is -3.03. The zero-order chi connectivity index (χ0) is 26.8. The first-order chi connectivity index (χ1) is 18.3. The van der Waals surface area contributed by atoms with Crippen LogP contribution < -0.4 is 9.47 Å². The van der Waals surface area contributed by atoms with E-state index in [1.165, 1.54) is 11.1 Å². The Morgan fingerprint density at radius 1 is 1.18 bits per heavy atom. The number of esters is 1. The molecule has 0 bridgehead atoms. The normalized spacial score (nSPS) is 16.6. The lowest BCUT2D eigenvalue weighted by atomic mass is 9.94. The van der Waals surface area contributed by atoms with Crippen LogP contribution in [0.5, 0.6) is 11.5 Å². The largest absolute Gasteiger partial charge is 0.489 e. The molecule has 0 saturated carbocycles. The van der Waals surface area contributed by atoms with Crippen LogP contribution in [0.3, 0.4) is 0 Å². The number of hydrogen-bond acceptors (Lipinski definition) is 6. The van der Waals surface area contributed by atoms with E-state index in [-0.39, 0.29) is 17.9 Å². The summed E-state index contributed by atoms with van der Waals surface area (Å²) in [6, 6.07) is 12.5. The van der Waals surface area contributed by atoms with Crippen molar-refractivity contribution in [2.75, 3.05) is 32.8 Å². The van der Waals surface area contributed by atoms with Gasteiger partial charge in [0.15, 0.2) is 5.15 Å². The van der Waals surface area contributed by atoms with E-state index in [0.29, 0.717) is 25.0 Å². The second kappa shape index (κ2) is 11.4. The number of nitrogens with zero attached hydrogens (tertiary/aromatic N) is 3. The van der Waals surface area contributed by atoms with Gasteiger partial charge in [-0.25, -0.2) is 0 Å². The lowest BCUT2D eigenvalue weighted by molar-refractivity contribution is -0.149. The first-order valence-corrected chi connectivity index (χ1v) is 13.9. The summed E-state index contributed by atoms with van der Waals surface area (Å²) in [4.78, 5) is 14.4. The van der Waals surface area contributed by atoms with Crippen LogP contribution in [-0.4, -0.2) is 53.5 Å². The number of ether oxygens (including phenoxy) is 3. The number of allylic oxidation sites excluding steroid dienone is 1. The minimum Gasteiger partial charge on any atom is -0.489 e. The van der Waals surface area contributed by atoms with Gasteiger partial charge in [0.1, 0.15) is 24.7 Å². The number of piperidine rings is 1. The van der Waals surface area contributed by atoms with Gasteiger partial charge in [-0.15, -0.1) is 0 Å².